The molecule has 0 unspecified atom stereocenters. The van der Waals surface area contributed by atoms with E-state index >= 15 is 0 Å². The highest BCUT2D eigenvalue weighted by Gasteiger charge is 2.08. The van der Waals surface area contributed by atoms with Gasteiger partial charge in [0.15, 0.2) is 0 Å². The molecular weight excluding hydrogens is 378 g/mol. The number of halogens is 2. The summed E-state index contributed by atoms with van der Waals surface area (Å²) in [4.78, 5) is 12.2. The predicted molar refractivity (Wildman–Crippen MR) is 94.9 cm³/mol. The number of hydrogen-bond donors (Lipinski definition) is 1. The van der Waals surface area contributed by atoms with Gasteiger partial charge in [-0.3, -0.25) is 9.48 Å². The molecule has 4 nitrogen and oxygen atoms in total. The molecule has 0 fully saturated rings. The van der Waals surface area contributed by atoms with Crippen molar-refractivity contribution < 1.29 is 4.79 Å². The molecular formula is C17H13BrClN3O. The van der Waals surface area contributed by atoms with E-state index in [1.54, 1.807) is 29.2 Å². The lowest BCUT2D eigenvalue weighted by atomic mass is 10.2. The van der Waals surface area contributed by atoms with Crippen LogP contribution >= 0.6 is 27.5 Å². The van der Waals surface area contributed by atoms with Crippen LogP contribution in [0.3, 0.4) is 0 Å². The van der Waals surface area contributed by atoms with Gasteiger partial charge >= 0.3 is 0 Å². The average Bonchev–Trinajstić information content (AvgIpc) is 2.97. The largest absolute Gasteiger partial charge is 0.319 e. The normalized spacial score (nSPS) is 10.5. The van der Waals surface area contributed by atoms with Crippen LogP contribution in [0.1, 0.15) is 15.9 Å². The van der Waals surface area contributed by atoms with Crippen LogP contribution in [0.15, 0.2) is 65.4 Å². The van der Waals surface area contributed by atoms with Crippen LogP contribution in [-0.4, -0.2) is 15.7 Å². The fourth-order valence-electron chi connectivity index (χ4n) is 2.12. The van der Waals surface area contributed by atoms with Crippen molar-refractivity contribution in [1.82, 2.24) is 9.78 Å². The van der Waals surface area contributed by atoms with Crippen molar-refractivity contribution >= 4 is 39.1 Å². The highest BCUT2D eigenvalue weighted by atomic mass is 79.9. The van der Waals surface area contributed by atoms with Crippen molar-refractivity contribution in [2.75, 3.05) is 5.32 Å². The lowest BCUT2D eigenvalue weighted by Gasteiger charge is -2.04. The van der Waals surface area contributed by atoms with Gasteiger partial charge in [-0.25, -0.2) is 0 Å². The molecule has 0 saturated heterocycles. The second-order valence-electron chi connectivity index (χ2n) is 4.98. The topological polar surface area (TPSA) is 46.9 Å². The van der Waals surface area contributed by atoms with Gasteiger partial charge in [0.05, 0.1) is 18.4 Å². The second kappa shape index (κ2) is 6.98. The lowest BCUT2D eigenvalue weighted by Crippen LogP contribution is -2.11. The average molecular weight is 391 g/mol. The van der Waals surface area contributed by atoms with Crippen molar-refractivity contribution in [2.45, 2.75) is 6.54 Å². The molecule has 0 aliphatic heterocycles. The van der Waals surface area contributed by atoms with E-state index in [2.05, 4.69) is 26.3 Å². The molecule has 0 aliphatic carbocycles. The Labute approximate surface area is 147 Å². The monoisotopic (exact) mass is 389 g/mol. The molecule has 1 amide bonds. The summed E-state index contributed by atoms with van der Waals surface area (Å²) in [5.41, 5.74) is 2.21. The molecule has 0 radical (unpaired) electrons. The highest BCUT2D eigenvalue weighted by Crippen LogP contribution is 2.17. The van der Waals surface area contributed by atoms with Crippen LogP contribution < -0.4 is 5.32 Å². The fourth-order valence-corrected chi connectivity index (χ4v) is 2.58. The van der Waals surface area contributed by atoms with Crippen LogP contribution in [0, 0.1) is 0 Å². The van der Waals surface area contributed by atoms with Crippen LogP contribution in [-0.2, 0) is 6.54 Å². The highest BCUT2D eigenvalue weighted by molar-refractivity contribution is 9.10. The van der Waals surface area contributed by atoms with Gasteiger partial charge in [-0.2, -0.15) is 5.10 Å². The first-order valence-electron chi connectivity index (χ1n) is 6.94. The van der Waals surface area contributed by atoms with E-state index in [4.69, 9.17) is 11.6 Å². The van der Waals surface area contributed by atoms with Gasteiger partial charge in [0.25, 0.3) is 5.91 Å². The zero-order chi connectivity index (χ0) is 16.2. The first-order valence-corrected chi connectivity index (χ1v) is 8.12. The summed E-state index contributed by atoms with van der Waals surface area (Å²) in [5.74, 6) is -0.171. The molecule has 3 rings (SSSR count). The Balaban J connectivity index is 1.68. The Kier molecular flexibility index (Phi) is 4.79. The molecule has 2 aromatic carbocycles. The maximum atomic E-state index is 12.2. The molecule has 1 heterocycles. The fraction of sp³-hybridized carbons (Fsp3) is 0.0588. The van der Waals surface area contributed by atoms with E-state index < -0.39 is 0 Å². The van der Waals surface area contributed by atoms with Gasteiger partial charge in [-0.15, -0.1) is 0 Å². The number of hydrogen-bond acceptors (Lipinski definition) is 2. The Hall–Kier alpha value is -2.11. The van der Waals surface area contributed by atoms with E-state index in [0.717, 1.165) is 10.0 Å². The third-order valence-electron chi connectivity index (χ3n) is 3.29. The molecule has 3 aromatic rings. The minimum atomic E-state index is -0.171. The summed E-state index contributed by atoms with van der Waals surface area (Å²) in [7, 11) is 0. The number of amides is 1. The quantitative estimate of drug-likeness (QED) is 0.708. The molecule has 0 bridgehead atoms. The molecule has 0 spiro atoms. The van der Waals surface area contributed by atoms with Crippen molar-refractivity contribution in [2.24, 2.45) is 0 Å². The lowest BCUT2D eigenvalue weighted by molar-refractivity contribution is 0.102. The second-order valence-corrected chi connectivity index (χ2v) is 6.30. The van der Waals surface area contributed by atoms with Crippen LogP contribution in [0.5, 0.6) is 0 Å². The van der Waals surface area contributed by atoms with Crippen molar-refractivity contribution in [3.63, 3.8) is 0 Å². The molecule has 0 atom stereocenters. The van der Waals surface area contributed by atoms with Gasteiger partial charge in [0.2, 0.25) is 0 Å². The zero-order valence-electron chi connectivity index (χ0n) is 12.0. The first-order chi connectivity index (χ1) is 11.1. The van der Waals surface area contributed by atoms with E-state index in [0.29, 0.717) is 22.8 Å². The number of rotatable bonds is 4. The maximum Gasteiger partial charge on any atom is 0.255 e. The zero-order valence-corrected chi connectivity index (χ0v) is 14.4. The summed E-state index contributed by atoms with van der Waals surface area (Å²) in [6.45, 7) is 0.549. The van der Waals surface area contributed by atoms with Crippen molar-refractivity contribution in [1.29, 1.82) is 0 Å². The minimum Gasteiger partial charge on any atom is -0.319 e. The molecule has 0 aliphatic rings. The summed E-state index contributed by atoms with van der Waals surface area (Å²) < 4.78 is 2.67. The SMILES string of the molecule is O=C(Nc1cnn(Cc2ccccc2Cl)c1)c1ccc(Br)cc1. The van der Waals surface area contributed by atoms with Crippen molar-refractivity contribution in [3.05, 3.63) is 81.5 Å². The number of benzene rings is 2. The van der Waals surface area contributed by atoms with Gasteiger partial charge in [0.1, 0.15) is 0 Å². The predicted octanol–water partition coefficient (Wildman–Crippen LogP) is 4.60. The van der Waals surface area contributed by atoms with Crippen LogP contribution in [0.2, 0.25) is 5.02 Å². The van der Waals surface area contributed by atoms with E-state index in [9.17, 15) is 4.79 Å². The van der Waals surface area contributed by atoms with E-state index in [1.165, 1.54) is 0 Å². The molecule has 23 heavy (non-hydrogen) atoms. The summed E-state index contributed by atoms with van der Waals surface area (Å²) in [5, 5.41) is 7.77. The number of aromatic nitrogens is 2. The van der Waals surface area contributed by atoms with Crippen LogP contribution in [0.25, 0.3) is 0 Å². The smallest absolute Gasteiger partial charge is 0.255 e. The van der Waals surface area contributed by atoms with Gasteiger partial charge < -0.3 is 5.32 Å². The van der Waals surface area contributed by atoms with E-state index in [1.807, 2.05) is 36.4 Å². The molecule has 116 valence electrons. The van der Waals surface area contributed by atoms with E-state index in [-0.39, 0.29) is 5.91 Å². The Morgan fingerprint density at radius 3 is 2.65 bits per heavy atom. The van der Waals surface area contributed by atoms with Gasteiger partial charge in [0, 0.05) is 21.3 Å². The minimum absolute atomic E-state index is 0.171. The van der Waals surface area contributed by atoms with Crippen molar-refractivity contribution in [3.8, 4) is 0 Å². The number of carbonyl (C=O) groups excluding carboxylic acids is 1. The standard InChI is InChI=1S/C17H13BrClN3O/c18-14-7-5-12(6-8-14)17(23)21-15-9-20-22(11-15)10-13-3-1-2-4-16(13)19/h1-9,11H,10H2,(H,21,23). The molecule has 1 aromatic heterocycles. The molecule has 0 saturated carbocycles. The third kappa shape index (κ3) is 4.00. The van der Waals surface area contributed by atoms with Gasteiger partial charge in [-0.1, -0.05) is 45.7 Å². The Morgan fingerprint density at radius 2 is 1.91 bits per heavy atom. The Morgan fingerprint density at radius 1 is 1.17 bits per heavy atom. The van der Waals surface area contributed by atoms with Gasteiger partial charge in [-0.05, 0) is 35.9 Å². The maximum absolute atomic E-state index is 12.2. The summed E-state index contributed by atoms with van der Waals surface area (Å²) in [6.07, 6.45) is 3.40. The first kappa shape index (κ1) is 15.8. The summed E-state index contributed by atoms with van der Waals surface area (Å²) >= 11 is 9.49. The molecule has 1 N–H and O–H groups in total. The number of nitrogens with zero attached hydrogens (tertiary/aromatic N) is 2. The number of carbonyl (C=O) groups is 1. The molecule has 6 heteroatoms. The van der Waals surface area contributed by atoms with Crippen LogP contribution in [0.4, 0.5) is 5.69 Å². The summed E-state index contributed by atoms with van der Waals surface area (Å²) in [6, 6.07) is 14.8. The number of nitrogens with one attached hydrogen (secondary N) is 1. The Bertz CT molecular complexity index is 830. The number of anilines is 1. The third-order valence-corrected chi connectivity index (χ3v) is 4.19.